The summed E-state index contributed by atoms with van der Waals surface area (Å²) < 4.78 is 5.44. The summed E-state index contributed by atoms with van der Waals surface area (Å²) in [5.41, 5.74) is 2.05. The van der Waals surface area contributed by atoms with Gasteiger partial charge in [0, 0.05) is 11.4 Å². The van der Waals surface area contributed by atoms with Crippen molar-refractivity contribution in [3.8, 4) is 0 Å². The summed E-state index contributed by atoms with van der Waals surface area (Å²) in [7, 11) is 0. The van der Waals surface area contributed by atoms with Crippen LogP contribution in [0.15, 0.2) is 60.7 Å². The predicted octanol–water partition coefficient (Wildman–Crippen LogP) is 4.31. The minimum absolute atomic E-state index is 0.118. The fraction of sp³-hybridized carbons (Fsp3) is 0.316. The molecule has 1 heterocycles. The van der Waals surface area contributed by atoms with Gasteiger partial charge in [-0.15, -0.1) is 0 Å². The van der Waals surface area contributed by atoms with Gasteiger partial charge in [-0.2, -0.15) is 0 Å². The average molecular weight is 295 g/mol. The van der Waals surface area contributed by atoms with Crippen LogP contribution >= 0.6 is 0 Å². The Morgan fingerprint density at radius 1 is 0.818 bits per heavy atom. The van der Waals surface area contributed by atoms with E-state index < -0.39 is 0 Å². The van der Waals surface area contributed by atoms with Gasteiger partial charge in [0.2, 0.25) is 0 Å². The first-order valence-electron chi connectivity index (χ1n) is 7.92. The Kier molecular flexibility index (Phi) is 4.74. The van der Waals surface area contributed by atoms with Crippen molar-refractivity contribution >= 4 is 17.3 Å². The van der Waals surface area contributed by atoms with Gasteiger partial charge < -0.3 is 9.64 Å². The van der Waals surface area contributed by atoms with Gasteiger partial charge >= 0.3 is 5.97 Å². The van der Waals surface area contributed by atoms with Crippen LogP contribution in [0.4, 0.5) is 11.4 Å². The molecule has 2 aromatic carbocycles. The van der Waals surface area contributed by atoms with Crippen LogP contribution in [0.2, 0.25) is 0 Å². The summed E-state index contributed by atoms with van der Waals surface area (Å²) in [6, 6.07) is 19.9. The normalized spacial score (nSPS) is 18.9. The number of nitrogens with zero attached hydrogens (tertiary/aromatic N) is 1. The summed E-state index contributed by atoms with van der Waals surface area (Å²) in [6.45, 7) is 0.534. The largest absolute Gasteiger partial charge is 0.464 e. The molecule has 0 spiro atoms. The van der Waals surface area contributed by atoms with Crippen LogP contribution < -0.4 is 4.90 Å². The van der Waals surface area contributed by atoms with E-state index in [9.17, 15) is 4.79 Å². The maximum Gasteiger partial charge on any atom is 0.329 e. The third-order valence-electron chi connectivity index (χ3n) is 4.02. The average Bonchev–Trinajstić information content (AvgIpc) is 2.56. The molecule has 0 aromatic heterocycles. The molecule has 0 aliphatic carbocycles. The number of cyclic esters (lactones) is 1. The Morgan fingerprint density at radius 2 is 1.41 bits per heavy atom. The van der Waals surface area contributed by atoms with Crippen molar-refractivity contribution in [2.75, 3.05) is 11.5 Å². The lowest BCUT2D eigenvalue weighted by Gasteiger charge is -2.33. The van der Waals surface area contributed by atoms with Crippen molar-refractivity contribution in [1.82, 2.24) is 0 Å². The molecule has 1 aliphatic rings. The van der Waals surface area contributed by atoms with Crippen LogP contribution in [0, 0.1) is 0 Å². The van der Waals surface area contributed by atoms with Gasteiger partial charge in [-0.3, -0.25) is 0 Å². The summed E-state index contributed by atoms with van der Waals surface area (Å²) >= 11 is 0. The van der Waals surface area contributed by atoms with Crippen LogP contribution in [0.3, 0.4) is 0 Å². The van der Waals surface area contributed by atoms with Crippen LogP contribution in [0.25, 0.3) is 0 Å². The number of hydrogen-bond acceptors (Lipinski definition) is 3. The second-order valence-electron chi connectivity index (χ2n) is 5.57. The molecule has 0 amide bonds. The Morgan fingerprint density at radius 3 is 2.00 bits per heavy atom. The monoisotopic (exact) mass is 295 g/mol. The Bertz CT molecular complexity index is 558. The van der Waals surface area contributed by atoms with Gasteiger partial charge in [0.05, 0.1) is 6.61 Å². The smallest absolute Gasteiger partial charge is 0.329 e. The number of hydrogen-bond donors (Lipinski definition) is 0. The Labute approximate surface area is 131 Å². The molecular weight excluding hydrogens is 274 g/mol. The first-order valence-corrected chi connectivity index (χ1v) is 7.92. The predicted molar refractivity (Wildman–Crippen MR) is 88.2 cm³/mol. The third kappa shape index (κ3) is 3.30. The lowest BCUT2D eigenvalue weighted by atomic mass is 10.0. The number of rotatable bonds is 3. The summed E-state index contributed by atoms with van der Waals surface area (Å²) in [6.07, 6.45) is 3.95. The van der Waals surface area contributed by atoms with E-state index in [1.165, 1.54) is 0 Å². The first kappa shape index (κ1) is 14.6. The van der Waals surface area contributed by atoms with Gasteiger partial charge in [-0.25, -0.2) is 4.79 Å². The fourth-order valence-electron chi connectivity index (χ4n) is 2.92. The maximum absolute atomic E-state index is 12.5. The van der Waals surface area contributed by atoms with Gasteiger partial charge in [0.15, 0.2) is 0 Å². The molecule has 0 bridgehead atoms. The van der Waals surface area contributed by atoms with E-state index in [0.717, 1.165) is 37.1 Å². The third-order valence-corrected chi connectivity index (χ3v) is 4.02. The minimum Gasteiger partial charge on any atom is -0.464 e. The quantitative estimate of drug-likeness (QED) is 0.790. The second kappa shape index (κ2) is 7.12. The zero-order valence-electron chi connectivity index (χ0n) is 12.7. The van der Waals surface area contributed by atoms with E-state index >= 15 is 0 Å². The highest BCUT2D eigenvalue weighted by Crippen LogP contribution is 2.30. The first-order chi connectivity index (χ1) is 10.9. The zero-order chi connectivity index (χ0) is 15.2. The van der Waals surface area contributed by atoms with Crippen LogP contribution in [-0.2, 0) is 9.53 Å². The molecule has 1 atom stereocenters. The van der Waals surface area contributed by atoms with E-state index in [1.54, 1.807) is 0 Å². The van der Waals surface area contributed by atoms with E-state index in [-0.39, 0.29) is 12.0 Å². The maximum atomic E-state index is 12.5. The van der Waals surface area contributed by atoms with Crippen molar-refractivity contribution in [3.05, 3.63) is 60.7 Å². The van der Waals surface area contributed by atoms with Gasteiger partial charge in [-0.1, -0.05) is 42.8 Å². The van der Waals surface area contributed by atoms with Gasteiger partial charge in [0.1, 0.15) is 6.04 Å². The second-order valence-corrected chi connectivity index (χ2v) is 5.57. The molecule has 22 heavy (non-hydrogen) atoms. The molecule has 0 radical (unpaired) electrons. The molecule has 2 aromatic rings. The molecule has 1 saturated heterocycles. The molecule has 114 valence electrons. The molecule has 1 unspecified atom stereocenters. The van der Waals surface area contributed by atoms with Crippen molar-refractivity contribution in [3.63, 3.8) is 0 Å². The van der Waals surface area contributed by atoms with Gasteiger partial charge in [0.25, 0.3) is 0 Å². The van der Waals surface area contributed by atoms with Gasteiger partial charge in [-0.05, 0) is 43.5 Å². The highest BCUT2D eigenvalue weighted by atomic mass is 16.5. The van der Waals surface area contributed by atoms with Crippen molar-refractivity contribution in [2.45, 2.75) is 31.7 Å². The highest BCUT2D eigenvalue weighted by molar-refractivity contribution is 5.84. The molecular formula is C19H21NO2. The SMILES string of the molecule is O=C1OCCCCCC1N(c1ccccc1)c1ccccc1. The molecule has 1 aliphatic heterocycles. The fourth-order valence-corrected chi connectivity index (χ4v) is 2.92. The van der Waals surface area contributed by atoms with Crippen molar-refractivity contribution in [1.29, 1.82) is 0 Å². The summed E-state index contributed by atoms with van der Waals surface area (Å²) in [5, 5.41) is 0. The molecule has 0 N–H and O–H groups in total. The molecule has 3 nitrogen and oxygen atoms in total. The van der Waals surface area contributed by atoms with Crippen molar-refractivity contribution in [2.24, 2.45) is 0 Å². The Hall–Kier alpha value is -2.29. The van der Waals surface area contributed by atoms with Crippen molar-refractivity contribution < 1.29 is 9.53 Å². The summed E-state index contributed by atoms with van der Waals surface area (Å²) in [5.74, 6) is -0.118. The lowest BCUT2D eigenvalue weighted by Crippen LogP contribution is -2.40. The molecule has 3 heteroatoms. The Balaban J connectivity index is 1.99. The topological polar surface area (TPSA) is 29.5 Å². The van der Waals surface area contributed by atoms with E-state index in [0.29, 0.717) is 6.61 Å². The number of carbonyl (C=O) groups is 1. The standard InChI is InChI=1S/C19H21NO2/c21-19-18(14-8-3-9-15-22-19)20(16-10-4-1-5-11-16)17-12-6-2-7-13-17/h1-2,4-7,10-13,18H,3,8-9,14-15H2. The number of ether oxygens (including phenoxy) is 1. The lowest BCUT2D eigenvalue weighted by molar-refractivity contribution is -0.146. The minimum atomic E-state index is -0.259. The number of carbonyl (C=O) groups excluding carboxylic acids is 1. The van der Waals surface area contributed by atoms with E-state index in [1.807, 2.05) is 60.7 Å². The number of para-hydroxylation sites is 2. The zero-order valence-corrected chi connectivity index (χ0v) is 12.7. The number of esters is 1. The number of benzene rings is 2. The molecule has 3 rings (SSSR count). The van der Waals surface area contributed by atoms with Crippen LogP contribution in [-0.4, -0.2) is 18.6 Å². The van der Waals surface area contributed by atoms with Crippen LogP contribution in [0.1, 0.15) is 25.7 Å². The van der Waals surface area contributed by atoms with E-state index in [2.05, 4.69) is 4.90 Å². The van der Waals surface area contributed by atoms with Crippen LogP contribution in [0.5, 0.6) is 0 Å². The highest BCUT2D eigenvalue weighted by Gasteiger charge is 2.29. The molecule has 0 saturated carbocycles. The number of anilines is 2. The molecule has 1 fully saturated rings. The summed E-state index contributed by atoms with van der Waals surface area (Å²) in [4.78, 5) is 14.6. The van der Waals surface area contributed by atoms with E-state index in [4.69, 9.17) is 4.74 Å².